The van der Waals surface area contributed by atoms with Crippen molar-refractivity contribution in [2.24, 2.45) is 5.92 Å². The van der Waals surface area contributed by atoms with Crippen LogP contribution in [-0.4, -0.2) is 42.8 Å². The Morgan fingerprint density at radius 2 is 1.89 bits per heavy atom. The summed E-state index contributed by atoms with van der Waals surface area (Å²) < 4.78 is 39.0. The summed E-state index contributed by atoms with van der Waals surface area (Å²) in [6.07, 6.45) is 1.21. The van der Waals surface area contributed by atoms with Gasteiger partial charge in [0.05, 0.1) is 18.3 Å². The first-order valence-electron chi connectivity index (χ1n) is 8.63. The fraction of sp³-hybridized carbons (Fsp3) is 0.733. The molecule has 2 rings (SSSR count). The van der Waals surface area contributed by atoms with Gasteiger partial charge in [-0.05, 0) is 46.6 Å². The van der Waals surface area contributed by atoms with Gasteiger partial charge in [0.25, 0.3) is 0 Å². The number of hydrogen-bond acceptors (Lipinski definition) is 8. The second-order valence-corrected chi connectivity index (χ2v) is 10.7. The van der Waals surface area contributed by atoms with Gasteiger partial charge in [-0.25, -0.2) is 13.9 Å². The fourth-order valence-corrected chi connectivity index (χ4v) is 5.40. The van der Waals surface area contributed by atoms with Crippen LogP contribution in [0.4, 0.5) is 0 Å². The Kier molecular flexibility index (Phi) is 7.06. The van der Waals surface area contributed by atoms with E-state index in [0.717, 1.165) is 0 Å². The molecule has 0 amide bonds. The number of aromatic nitrogens is 2. The van der Waals surface area contributed by atoms with Gasteiger partial charge in [-0.2, -0.15) is 9.29 Å². The lowest BCUT2D eigenvalue weighted by molar-refractivity contribution is 0.0639. The summed E-state index contributed by atoms with van der Waals surface area (Å²) in [5.41, 5.74) is -0.964. The van der Waals surface area contributed by atoms with E-state index in [2.05, 4.69) is 9.29 Å². The topological polar surface area (TPSA) is 157 Å². The molecule has 1 aromatic rings. The lowest BCUT2D eigenvalue weighted by Crippen LogP contribution is -2.26. The molecule has 1 saturated carbocycles. The zero-order valence-electron chi connectivity index (χ0n) is 16.1. The SMILES string of the molecule is Cc1ccn(C2CC(O)C(COP(=O)(O)OP(=O)(O)OC(C)(C)C)C2)c(=O)n1. The first-order valence-corrected chi connectivity index (χ1v) is 11.6. The van der Waals surface area contributed by atoms with Crippen molar-refractivity contribution in [3.05, 3.63) is 28.4 Å². The summed E-state index contributed by atoms with van der Waals surface area (Å²) in [5.74, 6) is -0.580. The van der Waals surface area contributed by atoms with Gasteiger partial charge in [-0.3, -0.25) is 13.6 Å². The molecule has 5 atom stereocenters. The minimum absolute atomic E-state index is 0.237. The summed E-state index contributed by atoms with van der Waals surface area (Å²) in [4.78, 5) is 35.1. The predicted molar refractivity (Wildman–Crippen MR) is 98.5 cm³/mol. The average molecular weight is 440 g/mol. The van der Waals surface area contributed by atoms with Gasteiger partial charge in [0, 0.05) is 23.9 Å². The minimum atomic E-state index is -4.92. The van der Waals surface area contributed by atoms with Gasteiger partial charge in [-0.15, -0.1) is 0 Å². The maximum absolute atomic E-state index is 12.0. The van der Waals surface area contributed by atoms with Crippen LogP contribution >= 0.6 is 15.6 Å². The first kappa shape index (κ1) is 23.4. The van der Waals surface area contributed by atoms with Crippen molar-refractivity contribution in [2.75, 3.05) is 6.61 Å². The second kappa shape index (κ2) is 8.45. The molecule has 1 fully saturated rings. The first-order chi connectivity index (χ1) is 12.7. The summed E-state index contributed by atoms with van der Waals surface area (Å²) in [7, 11) is -9.75. The molecule has 0 aromatic carbocycles. The molecular formula is C15H26N2O9P2. The molecule has 5 unspecified atom stereocenters. The Morgan fingerprint density at radius 1 is 1.25 bits per heavy atom. The lowest BCUT2D eigenvalue weighted by Gasteiger charge is -2.24. The van der Waals surface area contributed by atoms with E-state index in [4.69, 9.17) is 9.05 Å². The van der Waals surface area contributed by atoms with Crippen LogP contribution in [0.1, 0.15) is 45.3 Å². The van der Waals surface area contributed by atoms with Crippen molar-refractivity contribution >= 4 is 15.6 Å². The monoisotopic (exact) mass is 440 g/mol. The number of aliphatic hydroxyl groups excluding tert-OH is 1. The van der Waals surface area contributed by atoms with Gasteiger partial charge in [0.2, 0.25) is 0 Å². The zero-order valence-corrected chi connectivity index (χ0v) is 17.9. The Bertz CT molecular complexity index is 851. The van der Waals surface area contributed by atoms with E-state index in [1.54, 1.807) is 19.2 Å². The quantitative estimate of drug-likeness (QED) is 0.535. The number of aryl methyl sites for hydroxylation is 1. The number of aliphatic hydroxyl groups is 1. The molecule has 0 saturated heterocycles. The third-order valence-electron chi connectivity index (χ3n) is 4.04. The van der Waals surface area contributed by atoms with Crippen molar-refractivity contribution < 1.29 is 37.4 Å². The van der Waals surface area contributed by atoms with Gasteiger partial charge in [0.15, 0.2) is 0 Å². The molecule has 160 valence electrons. The highest BCUT2D eigenvalue weighted by Crippen LogP contribution is 2.62. The zero-order chi connectivity index (χ0) is 21.3. The lowest BCUT2D eigenvalue weighted by atomic mass is 10.1. The summed E-state index contributed by atoms with van der Waals surface area (Å²) in [6.45, 7) is 5.70. The van der Waals surface area contributed by atoms with Crippen molar-refractivity contribution in [1.29, 1.82) is 0 Å². The van der Waals surface area contributed by atoms with Gasteiger partial charge < -0.3 is 14.9 Å². The van der Waals surface area contributed by atoms with Crippen molar-refractivity contribution in [1.82, 2.24) is 9.55 Å². The van der Waals surface area contributed by atoms with E-state index in [0.29, 0.717) is 12.1 Å². The van der Waals surface area contributed by atoms with E-state index in [1.165, 1.54) is 25.3 Å². The molecule has 0 aliphatic heterocycles. The van der Waals surface area contributed by atoms with Gasteiger partial charge >= 0.3 is 21.3 Å². The van der Waals surface area contributed by atoms with Gasteiger partial charge in [0.1, 0.15) is 0 Å². The Morgan fingerprint density at radius 3 is 2.46 bits per heavy atom. The number of phosphoric acid groups is 2. The molecule has 0 bridgehead atoms. The van der Waals surface area contributed by atoms with Crippen molar-refractivity contribution in [3.63, 3.8) is 0 Å². The van der Waals surface area contributed by atoms with Crippen LogP contribution in [0.5, 0.6) is 0 Å². The number of hydrogen-bond donors (Lipinski definition) is 3. The summed E-state index contributed by atoms with van der Waals surface area (Å²) >= 11 is 0. The summed E-state index contributed by atoms with van der Waals surface area (Å²) in [5, 5.41) is 10.2. The highest BCUT2D eigenvalue weighted by molar-refractivity contribution is 7.61. The molecule has 11 nitrogen and oxygen atoms in total. The molecule has 0 spiro atoms. The van der Waals surface area contributed by atoms with E-state index < -0.39 is 45.6 Å². The maximum atomic E-state index is 12.0. The Balaban J connectivity index is 1.97. The van der Waals surface area contributed by atoms with Crippen LogP contribution in [-0.2, 0) is 22.5 Å². The molecule has 1 aliphatic rings. The second-order valence-electron chi connectivity index (χ2n) is 7.73. The molecule has 1 heterocycles. The average Bonchev–Trinajstić information content (AvgIpc) is 2.82. The fourth-order valence-electron chi connectivity index (χ4n) is 2.96. The maximum Gasteiger partial charge on any atom is 0.481 e. The number of phosphoric ester groups is 2. The van der Waals surface area contributed by atoms with Crippen LogP contribution in [0, 0.1) is 12.8 Å². The van der Waals surface area contributed by atoms with Crippen molar-refractivity contribution in [2.45, 2.75) is 58.3 Å². The Hall–Kier alpha value is -0.900. The smallest absolute Gasteiger partial charge is 0.393 e. The highest BCUT2D eigenvalue weighted by atomic mass is 31.3. The van der Waals surface area contributed by atoms with Crippen LogP contribution in [0.3, 0.4) is 0 Å². The molecule has 1 aliphatic carbocycles. The van der Waals surface area contributed by atoms with E-state index >= 15 is 0 Å². The van der Waals surface area contributed by atoms with Crippen LogP contribution in [0.15, 0.2) is 17.1 Å². The molecule has 13 heteroatoms. The van der Waals surface area contributed by atoms with Gasteiger partial charge in [-0.1, -0.05) is 0 Å². The van der Waals surface area contributed by atoms with E-state index in [9.17, 15) is 28.8 Å². The van der Waals surface area contributed by atoms with Crippen LogP contribution in [0.2, 0.25) is 0 Å². The van der Waals surface area contributed by atoms with E-state index in [-0.39, 0.29) is 12.5 Å². The molecule has 0 radical (unpaired) electrons. The van der Waals surface area contributed by atoms with Crippen LogP contribution < -0.4 is 5.69 Å². The number of rotatable bonds is 7. The largest absolute Gasteiger partial charge is 0.481 e. The number of nitrogens with zero attached hydrogens (tertiary/aromatic N) is 2. The normalized spacial score (nSPS) is 27.3. The van der Waals surface area contributed by atoms with E-state index in [1.807, 2.05) is 0 Å². The molecular weight excluding hydrogens is 414 g/mol. The third-order valence-corrected chi connectivity index (χ3v) is 6.95. The van der Waals surface area contributed by atoms with Crippen LogP contribution in [0.25, 0.3) is 0 Å². The predicted octanol–water partition coefficient (Wildman–Crippen LogP) is 1.91. The Labute approximate surface area is 162 Å². The highest BCUT2D eigenvalue weighted by Gasteiger charge is 2.41. The molecule has 3 N–H and O–H groups in total. The molecule has 28 heavy (non-hydrogen) atoms. The molecule has 1 aromatic heterocycles. The summed E-state index contributed by atoms with van der Waals surface area (Å²) in [6, 6.07) is 1.32. The standard InChI is InChI=1S/C15H26N2O9P2/c1-10-5-6-17(14(19)16-10)12-7-11(13(18)8-12)9-24-27(20,21)26-28(22,23)25-15(2,3)4/h5-6,11-13,18H,7-9H2,1-4H3,(H,20,21)(H,22,23). The van der Waals surface area contributed by atoms with Crippen molar-refractivity contribution in [3.8, 4) is 0 Å². The minimum Gasteiger partial charge on any atom is -0.393 e. The third kappa shape index (κ3) is 6.86.